The lowest BCUT2D eigenvalue weighted by molar-refractivity contribution is 0.0706. The van der Waals surface area contributed by atoms with Gasteiger partial charge in [0.05, 0.1) is 0 Å². The quantitative estimate of drug-likeness (QED) is 0.385. The van der Waals surface area contributed by atoms with Crippen molar-refractivity contribution in [1.29, 1.82) is 0 Å². The maximum atomic E-state index is 11.2. The van der Waals surface area contributed by atoms with Crippen molar-refractivity contribution in [3.8, 4) is 0 Å². The predicted octanol–water partition coefficient (Wildman–Crippen LogP) is 1.59. The minimum Gasteiger partial charge on any atom is -0.288 e. The van der Waals surface area contributed by atoms with Crippen LogP contribution in [0.15, 0.2) is 18.2 Å². The van der Waals surface area contributed by atoms with Crippen LogP contribution in [0.1, 0.15) is 27.9 Å². The summed E-state index contributed by atoms with van der Waals surface area (Å²) in [5, 5.41) is 8.95. The van der Waals surface area contributed by atoms with Crippen LogP contribution in [0.4, 0.5) is 0 Å². The topological polar surface area (TPSA) is 49.3 Å². The summed E-state index contributed by atoms with van der Waals surface area (Å²) in [6.07, 6.45) is 2.95. The predicted molar refractivity (Wildman–Crippen MR) is 60.5 cm³/mol. The summed E-state index contributed by atoms with van der Waals surface area (Å²) in [4.78, 5) is 11.2. The number of amides is 1. The van der Waals surface area contributed by atoms with E-state index in [0.29, 0.717) is 10.8 Å². The molecule has 1 aromatic carbocycles. The monoisotopic (exact) mass is 223 g/mol. The first-order valence-electron chi connectivity index (χ1n) is 4.95. The SMILES string of the molecule is O=C(NO)c1ccc2c(c1)CCC(S)C2. The minimum atomic E-state index is -0.453. The number of fused-ring (bicyclic) bond motifs is 1. The Bertz CT molecular complexity index is 392. The number of hydrogen-bond donors (Lipinski definition) is 3. The molecule has 1 aliphatic carbocycles. The van der Waals surface area contributed by atoms with E-state index in [1.54, 1.807) is 11.5 Å². The van der Waals surface area contributed by atoms with Crippen LogP contribution < -0.4 is 5.48 Å². The van der Waals surface area contributed by atoms with Crippen molar-refractivity contribution in [2.24, 2.45) is 0 Å². The van der Waals surface area contributed by atoms with E-state index in [9.17, 15) is 4.79 Å². The Morgan fingerprint density at radius 1 is 1.47 bits per heavy atom. The lowest BCUT2D eigenvalue weighted by atomic mass is 9.90. The van der Waals surface area contributed by atoms with Gasteiger partial charge in [0.15, 0.2) is 0 Å². The van der Waals surface area contributed by atoms with Crippen LogP contribution in [0.5, 0.6) is 0 Å². The van der Waals surface area contributed by atoms with Crippen molar-refractivity contribution < 1.29 is 10.0 Å². The third-order valence-corrected chi connectivity index (χ3v) is 3.21. The van der Waals surface area contributed by atoms with E-state index in [-0.39, 0.29) is 0 Å². The number of thiol groups is 1. The van der Waals surface area contributed by atoms with Gasteiger partial charge in [-0.25, -0.2) is 5.48 Å². The molecule has 0 saturated carbocycles. The number of carbonyl (C=O) groups is 1. The normalized spacial score (nSPS) is 19.5. The summed E-state index contributed by atoms with van der Waals surface area (Å²) in [6, 6.07) is 5.53. The second-order valence-electron chi connectivity index (χ2n) is 3.82. The van der Waals surface area contributed by atoms with Gasteiger partial charge in [0.1, 0.15) is 0 Å². The molecule has 2 N–H and O–H groups in total. The van der Waals surface area contributed by atoms with E-state index in [4.69, 9.17) is 5.21 Å². The molecule has 3 nitrogen and oxygen atoms in total. The van der Waals surface area contributed by atoms with Gasteiger partial charge in [-0.15, -0.1) is 0 Å². The molecule has 1 amide bonds. The van der Waals surface area contributed by atoms with Gasteiger partial charge in [0.25, 0.3) is 5.91 Å². The Labute approximate surface area is 93.9 Å². The first-order valence-corrected chi connectivity index (χ1v) is 5.46. The van der Waals surface area contributed by atoms with Crippen LogP contribution in [-0.4, -0.2) is 16.4 Å². The fourth-order valence-corrected chi connectivity index (χ4v) is 2.27. The van der Waals surface area contributed by atoms with Crippen LogP contribution in [0.25, 0.3) is 0 Å². The maximum absolute atomic E-state index is 11.2. The molecule has 1 aromatic rings. The van der Waals surface area contributed by atoms with E-state index in [1.807, 2.05) is 12.1 Å². The standard InChI is InChI=1S/C11H13NO2S/c13-11(12-14)9-2-1-8-6-10(15)4-3-7(8)5-9/h1-2,5,10,14-15H,3-4,6H2,(H,12,13). The Kier molecular flexibility index (Phi) is 2.98. The zero-order valence-corrected chi connectivity index (χ0v) is 9.13. The number of aryl methyl sites for hydroxylation is 1. The molecule has 1 aliphatic rings. The molecule has 0 bridgehead atoms. The first kappa shape index (κ1) is 10.5. The molecule has 0 fully saturated rings. The van der Waals surface area contributed by atoms with Gasteiger partial charge in [-0.1, -0.05) is 6.07 Å². The molecule has 80 valence electrons. The Hall–Kier alpha value is -1.00. The van der Waals surface area contributed by atoms with Gasteiger partial charge in [-0.05, 0) is 42.5 Å². The van der Waals surface area contributed by atoms with Crippen molar-refractivity contribution in [3.05, 3.63) is 34.9 Å². The summed E-state index contributed by atoms with van der Waals surface area (Å²) in [7, 11) is 0. The number of carbonyl (C=O) groups excluding carboxylic acids is 1. The third kappa shape index (κ3) is 2.16. The molecule has 0 spiro atoms. The lowest BCUT2D eigenvalue weighted by Gasteiger charge is -2.21. The first-order chi connectivity index (χ1) is 7.20. The molecule has 0 saturated heterocycles. The lowest BCUT2D eigenvalue weighted by Crippen LogP contribution is -2.20. The van der Waals surface area contributed by atoms with Crippen LogP contribution in [0.3, 0.4) is 0 Å². The Balaban J connectivity index is 2.30. The average Bonchev–Trinajstić information content (AvgIpc) is 2.27. The molecule has 15 heavy (non-hydrogen) atoms. The molecule has 0 aromatic heterocycles. The van der Waals surface area contributed by atoms with Crippen molar-refractivity contribution in [1.82, 2.24) is 5.48 Å². The van der Waals surface area contributed by atoms with E-state index >= 15 is 0 Å². The van der Waals surface area contributed by atoms with Crippen LogP contribution in [-0.2, 0) is 12.8 Å². The highest BCUT2D eigenvalue weighted by molar-refractivity contribution is 7.80. The third-order valence-electron chi connectivity index (χ3n) is 2.77. The van der Waals surface area contributed by atoms with Crippen molar-refractivity contribution in [3.63, 3.8) is 0 Å². The van der Waals surface area contributed by atoms with Crippen LogP contribution in [0, 0.1) is 0 Å². The number of rotatable bonds is 1. The molecule has 1 atom stereocenters. The average molecular weight is 223 g/mol. The molecule has 0 aliphatic heterocycles. The largest absolute Gasteiger partial charge is 0.288 e. The van der Waals surface area contributed by atoms with E-state index in [1.165, 1.54) is 11.1 Å². The Morgan fingerprint density at radius 3 is 3.00 bits per heavy atom. The summed E-state index contributed by atoms with van der Waals surface area (Å²) >= 11 is 4.45. The molecule has 1 unspecified atom stereocenters. The van der Waals surface area contributed by atoms with Crippen molar-refractivity contribution in [2.75, 3.05) is 0 Å². The second kappa shape index (κ2) is 4.24. The second-order valence-corrected chi connectivity index (χ2v) is 4.55. The molecular formula is C11H13NO2S. The van der Waals surface area contributed by atoms with Crippen LogP contribution >= 0.6 is 12.6 Å². The molecule has 0 heterocycles. The summed E-state index contributed by atoms with van der Waals surface area (Å²) in [5.41, 5.74) is 4.61. The molecule has 2 rings (SSSR count). The molecule has 4 heteroatoms. The molecular weight excluding hydrogens is 210 g/mol. The molecule has 0 radical (unpaired) electrons. The summed E-state index contributed by atoms with van der Waals surface area (Å²) in [5.74, 6) is -0.453. The van der Waals surface area contributed by atoms with E-state index < -0.39 is 5.91 Å². The van der Waals surface area contributed by atoms with E-state index in [0.717, 1.165) is 19.3 Å². The summed E-state index contributed by atoms with van der Waals surface area (Å²) < 4.78 is 0. The van der Waals surface area contributed by atoms with Gasteiger partial charge >= 0.3 is 0 Å². The van der Waals surface area contributed by atoms with Crippen molar-refractivity contribution in [2.45, 2.75) is 24.5 Å². The Morgan fingerprint density at radius 2 is 2.27 bits per heavy atom. The van der Waals surface area contributed by atoms with Gasteiger partial charge < -0.3 is 0 Å². The minimum absolute atomic E-state index is 0.426. The number of hydroxylamine groups is 1. The van der Waals surface area contributed by atoms with Gasteiger partial charge in [-0.2, -0.15) is 12.6 Å². The highest BCUT2D eigenvalue weighted by Gasteiger charge is 2.17. The summed E-state index contributed by atoms with van der Waals surface area (Å²) in [6.45, 7) is 0. The highest BCUT2D eigenvalue weighted by atomic mass is 32.1. The fourth-order valence-electron chi connectivity index (χ4n) is 1.94. The zero-order chi connectivity index (χ0) is 10.8. The highest BCUT2D eigenvalue weighted by Crippen LogP contribution is 2.25. The van der Waals surface area contributed by atoms with Gasteiger partial charge in [-0.3, -0.25) is 10.0 Å². The zero-order valence-electron chi connectivity index (χ0n) is 8.23. The van der Waals surface area contributed by atoms with Crippen molar-refractivity contribution >= 4 is 18.5 Å². The number of hydrogen-bond acceptors (Lipinski definition) is 3. The number of nitrogens with one attached hydrogen (secondary N) is 1. The van der Waals surface area contributed by atoms with Gasteiger partial charge in [0.2, 0.25) is 0 Å². The number of benzene rings is 1. The fraction of sp³-hybridized carbons (Fsp3) is 0.364. The van der Waals surface area contributed by atoms with E-state index in [2.05, 4.69) is 12.6 Å². The van der Waals surface area contributed by atoms with Gasteiger partial charge in [0, 0.05) is 10.8 Å². The van der Waals surface area contributed by atoms with Crippen LogP contribution in [0.2, 0.25) is 0 Å². The maximum Gasteiger partial charge on any atom is 0.274 e. The smallest absolute Gasteiger partial charge is 0.274 e.